The topological polar surface area (TPSA) is 35.3 Å². The van der Waals surface area contributed by atoms with Crippen LogP contribution in [0.4, 0.5) is 0 Å². The first kappa shape index (κ1) is 13.2. The SMILES string of the molecule is C[C@@H](/C=[N+](\[O-])C(C)(C)C)OC1C=CCCC1. The van der Waals surface area contributed by atoms with Crippen molar-refractivity contribution in [1.29, 1.82) is 0 Å². The number of hydrogen-bond acceptors (Lipinski definition) is 2. The lowest BCUT2D eigenvalue weighted by molar-refractivity contribution is -0.533. The van der Waals surface area contributed by atoms with Gasteiger partial charge in [-0.1, -0.05) is 12.2 Å². The monoisotopic (exact) mass is 225 g/mol. The molecular weight excluding hydrogens is 202 g/mol. The van der Waals surface area contributed by atoms with Crippen LogP contribution in [0.3, 0.4) is 0 Å². The number of allylic oxidation sites excluding steroid dienone is 1. The average Bonchev–Trinajstić information content (AvgIpc) is 2.17. The molecule has 1 aliphatic carbocycles. The summed E-state index contributed by atoms with van der Waals surface area (Å²) in [4.78, 5) is 0. The highest BCUT2D eigenvalue weighted by atomic mass is 16.5. The molecule has 0 saturated carbocycles. The van der Waals surface area contributed by atoms with Crippen LogP contribution in [0.5, 0.6) is 0 Å². The lowest BCUT2D eigenvalue weighted by Crippen LogP contribution is -2.33. The van der Waals surface area contributed by atoms with Gasteiger partial charge in [0.1, 0.15) is 6.10 Å². The zero-order valence-corrected chi connectivity index (χ0v) is 10.8. The predicted octanol–water partition coefficient (Wildman–Crippen LogP) is 2.88. The summed E-state index contributed by atoms with van der Waals surface area (Å²) < 4.78 is 6.75. The van der Waals surface area contributed by atoms with Crippen molar-refractivity contribution >= 4 is 6.21 Å². The van der Waals surface area contributed by atoms with Crippen LogP contribution >= 0.6 is 0 Å². The van der Waals surface area contributed by atoms with E-state index in [0.717, 1.165) is 17.6 Å². The van der Waals surface area contributed by atoms with E-state index in [4.69, 9.17) is 4.74 Å². The van der Waals surface area contributed by atoms with E-state index in [1.165, 1.54) is 6.42 Å². The number of rotatable bonds is 3. The van der Waals surface area contributed by atoms with E-state index in [1.54, 1.807) is 6.21 Å². The van der Waals surface area contributed by atoms with Crippen LogP contribution in [-0.4, -0.2) is 28.7 Å². The van der Waals surface area contributed by atoms with Crippen LogP contribution in [0.25, 0.3) is 0 Å². The molecule has 16 heavy (non-hydrogen) atoms. The summed E-state index contributed by atoms with van der Waals surface area (Å²) in [6, 6.07) is 0. The van der Waals surface area contributed by atoms with Gasteiger partial charge in [0.05, 0.1) is 6.10 Å². The Morgan fingerprint density at radius 3 is 2.69 bits per heavy atom. The van der Waals surface area contributed by atoms with Gasteiger partial charge in [-0.15, -0.1) is 0 Å². The van der Waals surface area contributed by atoms with Gasteiger partial charge >= 0.3 is 0 Å². The fraction of sp³-hybridized carbons (Fsp3) is 0.769. The van der Waals surface area contributed by atoms with E-state index >= 15 is 0 Å². The van der Waals surface area contributed by atoms with Crippen LogP contribution in [0.15, 0.2) is 12.2 Å². The Hall–Kier alpha value is -0.830. The van der Waals surface area contributed by atoms with Crippen molar-refractivity contribution in [3.8, 4) is 0 Å². The van der Waals surface area contributed by atoms with Crippen molar-refractivity contribution in [2.75, 3.05) is 0 Å². The van der Waals surface area contributed by atoms with E-state index in [0.29, 0.717) is 0 Å². The molecule has 3 nitrogen and oxygen atoms in total. The second kappa shape index (κ2) is 5.48. The highest BCUT2D eigenvalue weighted by Crippen LogP contribution is 2.15. The fourth-order valence-corrected chi connectivity index (χ4v) is 1.62. The third-order valence-electron chi connectivity index (χ3n) is 2.61. The lowest BCUT2D eigenvalue weighted by Gasteiger charge is -2.22. The van der Waals surface area contributed by atoms with Crippen molar-refractivity contribution in [2.24, 2.45) is 0 Å². The summed E-state index contributed by atoms with van der Waals surface area (Å²) in [7, 11) is 0. The molecule has 1 aliphatic rings. The van der Waals surface area contributed by atoms with Crippen molar-refractivity contribution in [1.82, 2.24) is 0 Å². The van der Waals surface area contributed by atoms with Crippen molar-refractivity contribution < 1.29 is 9.48 Å². The number of hydrogen-bond donors (Lipinski definition) is 0. The smallest absolute Gasteiger partial charge is 0.180 e. The first-order valence-corrected chi connectivity index (χ1v) is 6.03. The Bertz CT molecular complexity index is 276. The summed E-state index contributed by atoms with van der Waals surface area (Å²) in [6.45, 7) is 7.59. The van der Waals surface area contributed by atoms with Crippen molar-refractivity contribution in [2.45, 2.75) is 64.7 Å². The van der Waals surface area contributed by atoms with E-state index in [2.05, 4.69) is 12.2 Å². The normalized spacial score (nSPS) is 24.5. The summed E-state index contributed by atoms with van der Waals surface area (Å²) >= 11 is 0. The Labute approximate surface area is 98.4 Å². The van der Waals surface area contributed by atoms with E-state index in [9.17, 15) is 5.21 Å². The molecule has 0 heterocycles. The number of hydroxylamine groups is 1. The molecule has 0 bridgehead atoms. The quantitative estimate of drug-likeness (QED) is 0.243. The van der Waals surface area contributed by atoms with Crippen LogP contribution in [-0.2, 0) is 4.74 Å². The van der Waals surface area contributed by atoms with Crippen molar-refractivity contribution in [3.63, 3.8) is 0 Å². The molecule has 0 radical (unpaired) electrons. The molecule has 0 aromatic heterocycles. The highest BCUT2D eigenvalue weighted by Gasteiger charge is 2.20. The third kappa shape index (κ3) is 4.35. The first-order chi connectivity index (χ1) is 7.39. The minimum Gasteiger partial charge on any atom is -0.624 e. The zero-order chi connectivity index (χ0) is 12.2. The molecule has 2 atom stereocenters. The summed E-state index contributed by atoms with van der Waals surface area (Å²) in [5, 5.41) is 11.7. The van der Waals surface area contributed by atoms with Gasteiger partial charge in [-0.3, -0.25) is 0 Å². The van der Waals surface area contributed by atoms with Crippen LogP contribution < -0.4 is 0 Å². The van der Waals surface area contributed by atoms with Gasteiger partial charge in [0, 0.05) is 20.8 Å². The molecule has 0 fully saturated rings. The molecule has 0 aromatic rings. The predicted molar refractivity (Wildman–Crippen MR) is 66.8 cm³/mol. The van der Waals surface area contributed by atoms with Gasteiger partial charge in [-0.25, -0.2) is 4.74 Å². The standard InChI is InChI=1S/C13H23NO2/c1-11(10-14(15)13(2,3)4)16-12-8-6-5-7-9-12/h6,8,10-12H,5,7,9H2,1-4H3/b14-10-/t11-,12?/m0/s1. The molecular formula is C13H23NO2. The molecule has 3 heteroatoms. The first-order valence-electron chi connectivity index (χ1n) is 6.03. The average molecular weight is 225 g/mol. The van der Waals surface area contributed by atoms with Gasteiger partial charge in [-0.2, -0.15) is 0 Å². The Kier molecular flexibility index (Phi) is 4.54. The van der Waals surface area contributed by atoms with E-state index in [1.807, 2.05) is 27.7 Å². The Morgan fingerprint density at radius 1 is 1.50 bits per heavy atom. The van der Waals surface area contributed by atoms with Crippen LogP contribution in [0, 0.1) is 5.21 Å². The molecule has 0 spiro atoms. The maximum atomic E-state index is 11.7. The number of ether oxygens (including phenoxy) is 1. The largest absolute Gasteiger partial charge is 0.624 e. The minimum atomic E-state index is -0.389. The van der Waals surface area contributed by atoms with Gasteiger partial charge in [0.15, 0.2) is 11.8 Å². The molecule has 92 valence electrons. The molecule has 1 rings (SSSR count). The minimum absolute atomic E-state index is 0.135. The highest BCUT2D eigenvalue weighted by molar-refractivity contribution is 5.57. The third-order valence-corrected chi connectivity index (χ3v) is 2.61. The van der Waals surface area contributed by atoms with Crippen LogP contribution in [0.1, 0.15) is 47.0 Å². The summed E-state index contributed by atoms with van der Waals surface area (Å²) in [5.74, 6) is 0. The Morgan fingerprint density at radius 2 is 2.19 bits per heavy atom. The molecule has 0 aliphatic heterocycles. The van der Waals surface area contributed by atoms with Gasteiger partial charge < -0.3 is 9.94 Å². The summed E-state index contributed by atoms with van der Waals surface area (Å²) in [6.07, 6.45) is 9.28. The Balaban J connectivity index is 2.49. The molecule has 0 saturated heterocycles. The molecule has 0 N–H and O–H groups in total. The zero-order valence-electron chi connectivity index (χ0n) is 10.8. The van der Waals surface area contributed by atoms with Crippen LogP contribution in [0.2, 0.25) is 0 Å². The lowest BCUT2D eigenvalue weighted by atomic mass is 10.1. The fourth-order valence-electron chi connectivity index (χ4n) is 1.62. The van der Waals surface area contributed by atoms with E-state index in [-0.39, 0.29) is 17.7 Å². The van der Waals surface area contributed by atoms with Gasteiger partial charge in [0.25, 0.3) is 0 Å². The second-order valence-corrected chi connectivity index (χ2v) is 5.38. The van der Waals surface area contributed by atoms with Gasteiger partial charge in [-0.05, 0) is 26.2 Å². The van der Waals surface area contributed by atoms with Crippen molar-refractivity contribution in [3.05, 3.63) is 17.4 Å². The molecule has 0 amide bonds. The number of nitrogens with zero attached hydrogens (tertiary/aromatic N) is 1. The maximum Gasteiger partial charge on any atom is 0.180 e. The van der Waals surface area contributed by atoms with Gasteiger partial charge in [0.2, 0.25) is 0 Å². The second-order valence-electron chi connectivity index (χ2n) is 5.38. The maximum absolute atomic E-state index is 11.7. The summed E-state index contributed by atoms with van der Waals surface area (Å²) in [5.41, 5.74) is -0.389. The van der Waals surface area contributed by atoms with E-state index < -0.39 is 0 Å². The molecule has 1 unspecified atom stereocenters. The molecule has 0 aromatic carbocycles.